The largest absolute Gasteiger partial charge is 0.336 e. The summed E-state index contributed by atoms with van der Waals surface area (Å²) in [5.74, 6) is 0.238. The van der Waals surface area contributed by atoms with Crippen molar-refractivity contribution >= 4 is 11.8 Å². The van der Waals surface area contributed by atoms with Crippen LogP contribution in [0.4, 0.5) is 0 Å². The molecule has 3 aliphatic heterocycles. The van der Waals surface area contributed by atoms with Crippen LogP contribution in [0.5, 0.6) is 0 Å². The van der Waals surface area contributed by atoms with E-state index in [1.807, 2.05) is 14.5 Å². The lowest BCUT2D eigenvalue weighted by molar-refractivity contribution is -0.135. The lowest BCUT2D eigenvalue weighted by atomic mass is 10.0. The van der Waals surface area contributed by atoms with E-state index in [1.54, 1.807) is 6.20 Å². The molecule has 0 aliphatic carbocycles. The van der Waals surface area contributed by atoms with Crippen molar-refractivity contribution in [2.45, 2.75) is 38.3 Å². The number of rotatable bonds is 2. The Balaban J connectivity index is 1.48. The summed E-state index contributed by atoms with van der Waals surface area (Å²) < 4.78 is 1.95. The number of hydrogen-bond acceptors (Lipinski definition) is 4. The number of nitrogens with one attached hydrogen (secondary N) is 1. The van der Waals surface area contributed by atoms with E-state index in [0.717, 1.165) is 63.1 Å². The highest BCUT2D eigenvalue weighted by Crippen LogP contribution is 2.23. The molecule has 124 valence electrons. The van der Waals surface area contributed by atoms with Gasteiger partial charge in [-0.05, 0) is 25.7 Å². The number of aryl methyl sites for hydroxylation is 1. The van der Waals surface area contributed by atoms with Crippen LogP contribution < -0.4 is 5.32 Å². The molecule has 0 saturated carbocycles. The molecular weight excluding hydrogens is 294 g/mol. The molecule has 23 heavy (non-hydrogen) atoms. The summed E-state index contributed by atoms with van der Waals surface area (Å²) in [5.41, 5.74) is 1.84. The molecule has 1 N–H and O–H groups in total. The van der Waals surface area contributed by atoms with Crippen molar-refractivity contribution in [1.82, 2.24) is 24.9 Å². The third-order valence-corrected chi connectivity index (χ3v) is 5.21. The van der Waals surface area contributed by atoms with Crippen LogP contribution in [0.1, 0.15) is 35.3 Å². The predicted molar refractivity (Wildman–Crippen MR) is 84.1 cm³/mol. The normalized spacial score (nSPS) is 24.9. The van der Waals surface area contributed by atoms with Gasteiger partial charge in [0.1, 0.15) is 0 Å². The Hall–Kier alpha value is -1.89. The molecule has 2 saturated heterocycles. The smallest absolute Gasteiger partial charge is 0.257 e. The topological polar surface area (TPSA) is 70.5 Å². The van der Waals surface area contributed by atoms with Gasteiger partial charge in [-0.15, -0.1) is 0 Å². The fourth-order valence-corrected chi connectivity index (χ4v) is 4.01. The van der Waals surface area contributed by atoms with Crippen molar-refractivity contribution in [2.75, 3.05) is 32.7 Å². The van der Waals surface area contributed by atoms with E-state index in [2.05, 4.69) is 10.4 Å². The van der Waals surface area contributed by atoms with Gasteiger partial charge in [0, 0.05) is 38.8 Å². The molecule has 7 nitrogen and oxygen atoms in total. The first-order valence-corrected chi connectivity index (χ1v) is 8.58. The molecule has 1 aromatic rings. The Morgan fingerprint density at radius 1 is 1.26 bits per heavy atom. The Morgan fingerprint density at radius 2 is 2.17 bits per heavy atom. The molecule has 2 amide bonds. The number of hydrogen-bond donors (Lipinski definition) is 1. The van der Waals surface area contributed by atoms with Crippen LogP contribution in [0.15, 0.2) is 6.20 Å². The summed E-state index contributed by atoms with van der Waals surface area (Å²) in [4.78, 5) is 28.9. The summed E-state index contributed by atoms with van der Waals surface area (Å²) >= 11 is 0. The molecule has 7 heteroatoms. The average Bonchev–Trinajstić information content (AvgIpc) is 3.18. The van der Waals surface area contributed by atoms with Gasteiger partial charge in [0.25, 0.3) is 5.91 Å². The van der Waals surface area contributed by atoms with E-state index >= 15 is 0 Å². The quantitative estimate of drug-likeness (QED) is 0.825. The van der Waals surface area contributed by atoms with E-state index < -0.39 is 0 Å². The van der Waals surface area contributed by atoms with Gasteiger partial charge in [-0.3, -0.25) is 14.3 Å². The molecule has 0 bridgehead atoms. The first kappa shape index (κ1) is 14.7. The van der Waals surface area contributed by atoms with Gasteiger partial charge >= 0.3 is 0 Å². The number of piperidine rings is 1. The van der Waals surface area contributed by atoms with Crippen molar-refractivity contribution in [3.8, 4) is 0 Å². The second-order valence-electron chi connectivity index (χ2n) is 6.64. The molecule has 0 spiro atoms. The minimum atomic E-state index is 0.0837. The minimum absolute atomic E-state index is 0.0837. The van der Waals surface area contributed by atoms with Gasteiger partial charge in [0.15, 0.2) is 0 Å². The van der Waals surface area contributed by atoms with E-state index in [-0.39, 0.29) is 17.9 Å². The number of aromatic nitrogens is 2. The van der Waals surface area contributed by atoms with Crippen molar-refractivity contribution in [1.29, 1.82) is 0 Å². The Kier molecular flexibility index (Phi) is 3.80. The molecular formula is C16H23N5O2. The second-order valence-corrected chi connectivity index (χ2v) is 6.64. The maximum absolute atomic E-state index is 12.9. The van der Waals surface area contributed by atoms with Gasteiger partial charge in [0.05, 0.1) is 24.0 Å². The zero-order valence-electron chi connectivity index (χ0n) is 13.3. The molecule has 3 aliphatic rings. The van der Waals surface area contributed by atoms with Crippen LogP contribution in [0, 0.1) is 0 Å². The van der Waals surface area contributed by atoms with Gasteiger partial charge < -0.3 is 15.1 Å². The van der Waals surface area contributed by atoms with Crippen molar-refractivity contribution in [3.63, 3.8) is 0 Å². The summed E-state index contributed by atoms with van der Waals surface area (Å²) in [6.45, 7) is 4.35. The zero-order valence-corrected chi connectivity index (χ0v) is 13.3. The first-order valence-electron chi connectivity index (χ1n) is 8.58. The van der Waals surface area contributed by atoms with Gasteiger partial charge in [-0.25, -0.2) is 0 Å². The minimum Gasteiger partial charge on any atom is -0.336 e. The fraction of sp³-hybridized carbons (Fsp3) is 0.688. The lowest BCUT2D eigenvalue weighted by Crippen LogP contribution is -2.57. The van der Waals surface area contributed by atoms with Gasteiger partial charge in [-0.1, -0.05) is 0 Å². The molecule has 1 atom stereocenters. The molecule has 1 unspecified atom stereocenters. The van der Waals surface area contributed by atoms with Crippen LogP contribution in [0.25, 0.3) is 0 Å². The molecule has 1 aromatic heterocycles. The fourth-order valence-electron chi connectivity index (χ4n) is 4.01. The van der Waals surface area contributed by atoms with Crippen LogP contribution in [-0.4, -0.2) is 70.2 Å². The number of carbonyl (C=O) groups excluding carboxylic acids is 2. The van der Waals surface area contributed by atoms with Gasteiger partial charge in [-0.2, -0.15) is 5.10 Å². The van der Waals surface area contributed by atoms with Gasteiger partial charge in [0.2, 0.25) is 5.91 Å². The SMILES string of the molecule is O=C(c1cnn2c1CCC2)N1CCCC(N2CCNCC2=O)C1. The zero-order chi connectivity index (χ0) is 15.8. The molecule has 0 aromatic carbocycles. The van der Waals surface area contributed by atoms with Crippen molar-refractivity contribution in [3.05, 3.63) is 17.5 Å². The average molecular weight is 317 g/mol. The summed E-state index contributed by atoms with van der Waals surface area (Å²) in [6.07, 6.45) is 5.67. The van der Waals surface area contributed by atoms with Crippen molar-refractivity contribution in [2.24, 2.45) is 0 Å². The summed E-state index contributed by atoms with van der Waals surface area (Å²) in [5, 5.41) is 7.44. The lowest BCUT2D eigenvalue weighted by Gasteiger charge is -2.41. The maximum Gasteiger partial charge on any atom is 0.257 e. The Labute approximate surface area is 135 Å². The number of fused-ring (bicyclic) bond motifs is 1. The number of nitrogens with zero attached hydrogens (tertiary/aromatic N) is 4. The Morgan fingerprint density at radius 3 is 3.04 bits per heavy atom. The van der Waals surface area contributed by atoms with E-state index in [9.17, 15) is 9.59 Å². The van der Waals surface area contributed by atoms with Crippen LogP contribution in [-0.2, 0) is 17.8 Å². The van der Waals surface area contributed by atoms with E-state index in [1.165, 1.54) is 0 Å². The van der Waals surface area contributed by atoms with E-state index in [4.69, 9.17) is 0 Å². The second kappa shape index (κ2) is 5.96. The third kappa shape index (κ3) is 2.63. The van der Waals surface area contributed by atoms with Crippen molar-refractivity contribution < 1.29 is 9.59 Å². The molecule has 4 heterocycles. The number of carbonyl (C=O) groups is 2. The first-order chi connectivity index (χ1) is 11.2. The summed E-state index contributed by atoms with van der Waals surface area (Å²) in [6, 6.07) is 0.158. The highest BCUT2D eigenvalue weighted by molar-refractivity contribution is 5.95. The monoisotopic (exact) mass is 317 g/mol. The highest BCUT2D eigenvalue weighted by Gasteiger charge is 2.33. The Bertz CT molecular complexity index is 626. The van der Waals surface area contributed by atoms with E-state index in [0.29, 0.717) is 13.1 Å². The number of piperazine rings is 1. The molecule has 0 radical (unpaired) electrons. The van der Waals surface area contributed by atoms with Crippen LogP contribution >= 0.6 is 0 Å². The van der Waals surface area contributed by atoms with Crippen LogP contribution in [0.2, 0.25) is 0 Å². The maximum atomic E-state index is 12.9. The number of amides is 2. The molecule has 2 fully saturated rings. The predicted octanol–water partition coefficient (Wildman–Crippen LogP) is -0.134. The van der Waals surface area contributed by atoms with Crippen LogP contribution in [0.3, 0.4) is 0 Å². The standard InChI is InChI=1S/C16H23N5O2/c22-15-10-17-5-8-20(15)12-3-1-6-19(11-12)16(23)13-9-18-21-7-2-4-14(13)21/h9,12,17H,1-8,10-11H2. The third-order valence-electron chi connectivity index (χ3n) is 5.21. The highest BCUT2D eigenvalue weighted by atomic mass is 16.2. The number of likely N-dealkylation sites (tertiary alicyclic amines) is 1. The summed E-state index contributed by atoms with van der Waals surface area (Å²) in [7, 11) is 0. The molecule has 4 rings (SSSR count).